The van der Waals surface area contributed by atoms with Crippen molar-refractivity contribution in [2.75, 3.05) is 13.1 Å². The van der Waals surface area contributed by atoms with E-state index in [0.717, 1.165) is 25.3 Å². The van der Waals surface area contributed by atoms with Crippen LogP contribution in [0.5, 0.6) is 0 Å². The van der Waals surface area contributed by atoms with Crippen molar-refractivity contribution < 1.29 is 4.79 Å². The molecule has 0 aliphatic heterocycles. The van der Waals surface area contributed by atoms with Crippen LogP contribution in [-0.2, 0) is 11.3 Å². The first-order chi connectivity index (χ1) is 12.2. The highest BCUT2D eigenvalue weighted by Crippen LogP contribution is 2.17. The number of guanidine groups is 1. The zero-order chi connectivity index (χ0) is 17.9. The lowest BCUT2D eigenvalue weighted by atomic mass is 9.95. The Morgan fingerprint density at radius 3 is 2.52 bits per heavy atom. The van der Waals surface area contributed by atoms with E-state index < -0.39 is 0 Å². The predicted molar refractivity (Wildman–Crippen MR) is 104 cm³/mol. The highest BCUT2D eigenvalue weighted by Gasteiger charge is 2.15. The summed E-state index contributed by atoms with van der Waals surface area (Å²) in [7, 11) is 0. The van der Waals surface area contributed by atoms with E-state index in [0.29, 0.717) is 25.6 Å². The Labute approximate surface area is 151 Å². The Morgan fingerprint density at radius 2 is 1.84 bits per heavy atom. The molecule has 25 heavy (non-hydrogen) atoms. The monoisotopic (exact) mass is 344 g/mol. The standard InChI is InChI=1S/C20H32N4O/c1-3-21-20(23-15-17-11-9-16(2)10-12-17)22-14-13-19(25)24-18-7-5-4-6-8-18/h9-12,18H,3-8,13-15H2,1-2H3,(H,24,25)(H2,21,22,23). The van der Waals surface area contributed by atoms with Crippen LogP contribution in [0.2, 0.25) is 0 Å². The van der Waals surface area contributed by atoms with Crippen molar-refractivity contribution in [2.24, 2.45) is 4.99 Å². The molecule has 0 heterocycles. The zero-order valence-corrected chi connectivity index (χ0v) is 15.6. The van der Waals surface area contributed by atoms with Gasteiger partial charge in [-0.3, -0.25) is 4.79 Å². The molecule has 1 aromatic rings. The molecule has 1 aromatic carbocycles. The highest BCUT2D eigenvalue weighted by atomic mass is 16.1. The first-order valence-electron chi connectivity index (χ1n) is 9.54. The first-order valence-corrected chi connectivity index (χ1v) is 9.54. The van der Waals surface area contributed by atoms with Crippen LogP contribution >= 0.6 is 0 Å². The number of rotatable bonds is 7. The van der Waals surface area contributed by atoms with Crippen LogP contribution < -0.4 is 16.0 Å². The van der Waals surface area contributed by atoms with Gasteiger partial charge in [0, 0.05) is 25.6 Å². The van der Waals surface area contributed by atoms with E-state index in [2.05, 4.69) is 52.1 Å². The van der Waals surface area contributed by atoms with Gasteiger partial charge in [-0.25, -0.2) is 4.99 Å². The number of carbonyl (C=O) groups is 1. The molecule has 0 bridgehead atoms. The molecule has 0 saturated heterocycles. The summed E-state index contributed by atoms with van der Waals surface area (Å²) in [5.74, 6) is 0.891. The van der Waals surface area contributed by atoms with Crippen molar-refractivity contribution in [3.05, 3.63) is 35.4 Å². The average molecular weight is 345 g/mol. The number of amides is 1. The minimum absolute atomic E-state index is 0.133. The van der Waals surface area contributed by atoms with Crippen LogP contribution in [0.3, 0.4) is 0 Å². The lowest BCUT2D eigenvalue weighted by molar-refractivity contribution is -0.121. The van der Waals surface area contributed by atoms with E-state index in [9.17, 15) is 4.79 Å². The highest BCUT2D eigenvalue weighted by molar-refractivity contribution is 5.81. The number of carbonyl (C=O) groups excluding carboxylic acids is 1. The van der Waals surface area contributed by atoms with Gasteiger partial charge in [-0.2, -0.15) is 0 Å². The number of nitrogens with one attached hydrogen (secondary N) is 3. The van der Waals surface area contributed by atoms with E-state index in [4.69, 9.17) is 0 Å². The minimum atomic E-state index is 0.133. The van der Waals surface area contributed by atoms with Gasteiger partial charge in [0.2, 0.25) is 5.91 Å². The van der Waals surface area contributed by atoms with E-state index in [-0.39, 0.29) is 5.91 Å². The second-order valence-corrected chi connectivity index (χ2v) is 6.76. The fourth-order valence-electron chi connectivity index (χ4n) is 3.05. The van der Waals surface area contributed by atoms with Gasteiger partial charge >= 0.3 is 0 Å². The number of benzene rings is 1. The van der Waals surface area contributed by atoms with Crippen molar-refractivity contribution in [3.63, 3.8) is 0 Å². The van der Waals surface area contributed by atoms with E-state index >= 15 is 0 Å². The van der Waals surface area contributed by atoms with Gasteiger partial charge < -0.3 is 16.0 Å². The molecule has 1 aliphatic carbocycles. The molecule has 0 radical (unpaired) electrons. The van der Waals surface area contributed by atoms with Gasteiger partial charge in [0.25, 0.3) is 0 Å². The topological polar surface area (TPSA) is 65.5 Å². The molecule has 2 rings (SSSR count). The maximum absolute atomic E-state index is 12.1. The van der Waals surface area contributed by atoms with Gasteiger partial charge in [0.05, 0.1) is 6.54 Å². The van der Waals surface area contributed by atoms with Gasteiger partial charge in [-0.15, -0.1) is 0 Å². The Kier molecular flexibility index (Phi) is 8.29. The molecule has 5 nitrogen and oxygen atoms in total. The summed E-state index contributed by atoms with van der Waals surface area (Å²) < 4.78 is 0. The van der Waals surface area contributed by atoms with Crippen LogP contribution in [0.25, 0.3) is 0 Å². The molecular formula is C20H32N4O. The van der Waals surface area contributed by atoms with Gasteiger partial charge in [-0.05, 0) is 32.3 Å². The van der Waals surface area contributed by atoms with Gasteiger partial charge in [0.1, 0.15) is 0 Å². The van der Waals surface area contributed by atoms with Crippen LogP contribution in [0.1, 0.15) is 56.6 Å². The summed E-state index contributed by atoms with van der Waals surface area (Å²) in [6, 6.07) is 8.77. The number of hydrogen-bond donors (Lipinski definition) is 3. The molecule has 3 N–H and O–H groups in total. The van der Waals surface area contributed by atoms with Crippen molar-refractivity contribution in [1.29, 1.82) is 0 Å². The summed E-state index contributed by atoms with van der Waals surface area (Å²) in [6.45, 7) is 6.14. The Balaban J connectivity index is 1.73. The summed E-state index contributed by atoms with van der Waals surface area (Å²) in [5, 5.41) is 9.62. The Bertz CT molecular complexity index is 547. The third-order valence-electron chi connectivity index (χ3n) is 4.50. The summed E-state index contributed by atoms with van der Waals surface area (Å²) >= 11 is 0. The second kappa shape index (κ2) is 10.7. The minimum Gasteiger partial charge on any atom is -0.357 e. The zero-order valence-electron chi connectivity index (χ0n) is 15.6. The van der Waals surface area contributed by atoms with Crippen molar-refractivity contribution in [1.82, 2.24) is 16.0 Å². The third kappa shape index (κ3) is 7.59. The molecule has 1 aliphatic rings. The molecule has 1 amide bonds. The third-order valence-corrected chi connectivity index (χ3v) is 4.50. The molecule has 0 spiro atoms. The molecule has 1 fully saturated rings. The first kappa shape index (κ1) is 19.3. The van der Waals surface area contributed by atoms with E-state index in [1.165, 1.54) is 30.4 Å². The Morgan fingerprint density at radius 1 is 1.12 bits per heavy atom. The quantitative estimate of drug-likeness (QED) is 0.526. The van der Waals surface area contributed by atoms with E-state index in [1.807, 2.05) is 6.92 Å². The summed E-state index contributed by atoms with van der Waals surface area (Å²) in [4.78, 5) is 16.6. The number of hydrogen-bond acceptors (Lipinski definition) is 2. The van der Waals surface area contributed by atoms with Crippen molar-refractivity contribution in [3.8, 4) is 0 Å². The average Bonchev–Trinajstić information content (AvgIpc) is 2.62. The van der Waals surface area contributed by atoms with Gasteiger partial charge in [-0.1, -0.05) is 49.1 Å². The molecule has 0 aromatic heterocycles. The normalized spacial score (nSPS) is 15.7. The number of aryl methyl sites for hydroxylation is 1. The summed E-state index contributed by atoms with van der Waals surface area (Å²) in [5.41, 5.74) is 2.43. The fraction of sp³-hybridized carbons (Fsp3) is 0.600. The van der Waals surface area contributed by atoms with Crippen molar-refractivity contribution >= 4 is 11.9 Å². The lowest BCUT2D eigenvalue weighted by Crippen LogP contribution is -2.41. The van der Waals surface area contributed by atoms with Gasteiger partial charge in [0.15, 0.2) is 5.96 Å². The number of aliphatic imine (C=N–C) groups is 1. The maximum Gasteiger partial charge on any atom is 0.221 e. The largest absolute Gasteiger partial charge is 0.357 e. The molecule has 0 atom stereocenters. The maximum atomic E-state index is 12.1. The SMILES string of the molecule is CCNC(=NCc1ccc(C)cc1)NCCC(=O)NC1CCCCC1. The van der Waals surface area contributed by atoms with Crippen LogP contribution in [-0.4, -0.2) is 31.0 Å². The Hall–Kier alpha value is -2.04. The van der Waals surface area contributed by atoms with Crippen LogP contribution in [0.15, 0.2) is 29.3 Å². The second-order valence-electron chi connectivity index (χ2n) is 6.76. The smallest absolute Gasteiger partial charge is 0.221 e. The van der Waals surface area contributed by atoms with E-state index in [1.54, 1.807) is 0 Å². The van der Waals surface area contributed by atoms with Crippen LogP contribution in [0.4, 0.5) is 0 Å². The van der Waals surface area contributed by atoms with Crippen molar-refractivity contribution in [2.45, 2.75) is 65.0 Å². The molecule has 5 heteroatoms. The summed E-state index contributed by atoms with van der Waals surface area (Å²) in [6.07, 6.45) is 6.50. The number of nitrogens with zero attached hydrogens (tertiary/aromatic N) is 1. The fourth-order valence-corrected chi connectivity index (χ4v) is 3.05. The molecule has 1 saturated carbocycles. The molecule has 138 valence electrons. The van der Waals surface area contributed by atoms with Crippen LogP contribution in [0, 0.1) is 6.92 Å². The lowest BCUT2D eigenvalue weighted by Gasteiger charge is -2.22. The molecular weight excluding hydrogens is 312 g/mol. The molecule has 0 unspecified atom stereocenters. The predicted octanol–water partition coefficient (Wildman–Crippen LogP) is 2.89.